The van der Waals surface area contributed by atoms with Crippen LogP contribution in [0.5, 0.6) is 0 Å². The third-order valence-electron chi connectivity index (χ3n) is 11.8. The van der Waals surface area contributed by atoms with Crippen LogP contribution in [-0.2, 0) is 47.3 Å². The number of aromatic nitrogens is 2. The number of rotatable bonds is 9. The SMILES string of the molecule is CC(=O)c1cc2ccccc2[nH]1.CON(C)C(=O)c1cc2ccccc2[nH]1.Cc1ccc(S(=O)(=O)N2c3ccccc3CC2C(=O)O)cc1.Cc1ccc(S(=O)(=O)N2c3ccccc3C[C@@H]2C(=O)O)cc1.S. The summed E-state index contributed by atoms with van der Waals surface area (Å²) in [7, 11) is -4.79. The smallest absolute Gasteiger partial charge is 0.327 e. The first-order valence-electron chi connectivity index (χ1n) is 22.1. The van der Waals surface area contributed by atoms with Crippen LogP contribution in [0, 0.1) is 13.8 Å². The summed E-state index contributed by atoms with van der Waals surface area (Å²) in [6.45, 7) is 5.29. The molecule has 0 radical (unpaired) electrons. The van der Waals surface area contributed by atoms with Gasteiger partial charge in [0.15, 0.2) is 5.78 Å². The molecule has 19 heteroatoms. The van der Waals surface area contributed by atoms with Gasteiger partial charge in [-0.25, -0.2) is 31.5 Å². The van der Waals surface area contributed by atoms with Crippen LogP contribution < -0.4 is 8.61 Å². The molecule has 10 rings (SSSR count). The molecule has 0 fully saturated rings. The maximum atomic E-state index is 12.9. The zero-order valence-corrected chi connectivity index (χ0v) is 42.4. The summed E-state index contributed by atoms with van der Waals surface area (Å²) >= 11 is 0. The third-order valence-corrected chi connectivity index (χ3v) is 15.5. The van der Waals surface area contributed by atoms with Gasteiger partial charge in [-0.1, -0.05) is 108 Å². The molecule has 2 atom stereocenters. The number of carboxylic acids is 2. The number of hydroxylamine groups is 2. The van der Waals surface area contributed by atoms with Gasteiger partial charge in [-0.05, 0) is 85.6 Å². The first-order valence-corrected chi connectivity index (χ1v) is 25.0. The number of aryl methyl sites for hydroxylation is 2. The third kappa shape index (κ3) is 11.6. The Morgan fingerprint density at radius 2 is 0.931 bits per heavy atom. The standard InChI is InChI=1S/2C16H15NO4S.C11H12N2O2.C10H9NO.H2S/c2*1-11-6-8-13(9-7-11)22(20,21)17-14-5-3-2-4-12(14)10-15(17)16(18)19;1-13(15-2)11(14)10-7-8-5-3-4-6-9(8)12-10;1-7(12)10-6-8-4-2-3-5-9(8)11-10;/h2*2-9,15H,10H2,1H3,(H,18,19);3-7,12H,1-2H3;2-6,11H,1H3;1H2/t15-;;;;/m1..../s1. The lowest BCUT2D eigenvalue weighted by Crippen LogP contribution is -2.42. The molecular weight excluding hydrogens is 979 g/mol. The van der Waals surface area contributed by atoms with Crippen LogP contribution in [0.15, 0.2) is 168 Å². The van der Waals surface area contributed by atoms with Crippen molar-refractivity contribution >= 4 is 90.4 Å². The summed E-state index contributed by atoms with van der Waals surface area (Å²) < 4.78 is 53.6. The van der Waals surface area contributed by atoms with Crippen molar-refractivity contribution in [3.63, 3.8) is 0 Å². The minimum absolute atomic E-state index is 0. The number of aliphatic carboxylic acids is 2. The number of hydrogen-bond acceptors (Lipinski definition) is 9. The van der Waals surface area contributed by atoms with E-state index in [2.05, 4.69) is 9.97 Å². The predicted octanol–water partition coefficient (Wildman–Crippen LogP) is 8.68. The number of aromatic amines is 2. The Labute approximate surface area is 424 Å². The summed E-state index contributed by atoms with van der Waals surface area (Å²) in [6, 6.07) is 43.7. The highest BCUT2D eigenvalue weighted by Gasteiger charge is 2.43. The number of para-hydroxylation sites is 4. The molecule has 6 aromatic carbocycles. The molecule has 2 aliphatic rings. The number of amides is 1. The highest BCUT2D eigenvalue weighted by atomic mass is 32.2. The van der Waals surface area contributed by atoms with Gasteiger partial charge in [0.1, 0.15) is 17.8 Å². The minimum Gasteiger partial charge on any atom is -0.480 e. The predicted molar refractivity (Wildman–Crippen MR) is 281 cm³/mol. The average molecular weight is 1030 g/mol. The van der Waals surface area contributed by atoms with Crippen LogP contribution in [0.3, 0.4) is 0 Å². The second-order valence-electron chi connectivity index (χ2n) is 16.7. The molecule has 2 aromatic heterocycles. The van der Waals surface area contributed by atoms with E-state index in [-0.39, 0.29) is 47.8 Å². The molecule has 0 saturated carbocycles. The van der Waals surface area contributed by atoms with E-state index in [1.807, 2.05) is 74.5 Å². The van der Waals surface area contributed by atoms with Crippen LogP contribution >= 0.6 is 13.5 Å². The Balaban J connectivity index is 0.000000160. The van der Waals surface area contributed by atoms with Crippen molar-refractivity contribution in [1.82, 2.24) is 15.0 Å². The number of H-pyrrole nitrogens is 2. The largest absolute Gasteiger partial charge is 0.480 e. The number of Topliss-reactive ketones (excluding diaryl/α,β-unsaturated/α-hetero) is 1. The van der Waals surface area contributed by atoms with Gasteiger partial charge in [-0.15, -0.1) is 0 Å². The maximum Gasteiger partial charge on any atom is 0.327 e. The molecule has 8 aromatic rings. The summed E-state index contributed by atoms with van der Waals surface area (Å²) in [5.74, 6) is -2.40. The van der Waals surface area contributed by atoms with E-state index in [9.17, 15) is 46.2 Å². The van der Waals surface area contributed by atoms with E-state index in [1.54, 1.807) is 86.8 Å². The number of benzene rings is 6. The first kappa shape index (κ1) is 53.6. The molecule has 4 heterocycles. The molecule has 0 spiro atoms. The molecule has 72 heavy (non-hydrogen) atoms. The Bertz CT molecular complexity index is 3280. The van der Waals surface area contributed by atoms with E-state index in [1.165, 1.54) is 36.4 Å². The van der Waals surface area contributed by atoms with Gasteiger partial charge in [0.05, 0.1) is 34.0 Å². The average Bonchev–Trinajstić information content (AvgIpc) is 4.17. The molecule has 0 bridgehead atoms. The number of carboxylic acid groups (broad SMARTS) is 2. The number of ketones is 1. The molecule has 1 unspecified atom stereocenters. The zero-order valence-electron chi connectivity index (χ0n) is 39.8. The van der Waals surface area contributed by atoms with Crippen molar-refractivity contribution in [2.75, 3.05) is 22.8 Å². The summed E-state index contributed by atoms with van der Waals surface area (Å²) in [6.07, 6.45) is 0.354. The number of carbonyl (C=O) groups excluding carboxylic acids is 2. The van der Waals surface area contributed by atoms with E-state index >= 15 is 0 Å². The number of carbonyl (C=O) groups is 4. The van der Waals surface area contributed by atoms with Gasteiger partial charge in [-0.2, -0.15) is 13.5 Å². The van der Waals surface area contributed by atoms with Crippen molar-refractivity contribution in [3.05, 3.63) is 191 Å². The topological polar surface area (TPSA) is 228 Å². The van der Waals surface area contributed by atoms with Gasteiger partial charge >= 0.3 is 11.9 Å². The van der Waals surface area contributed by atoms with Gasteiger partial charge in [0.2, 0.25) is 0 Å². The Morgan fingerprint density at radius 3 is 1.31 bits per heavy atom. The van der Waals surface area contributed by atoms with E-state index in [0.29, 0.717) is 22.8 Å². The Morgan fingerprint density at radius 1 is 0.569 bits per heavy atom. The molecule has 16 nitrogen and oxygen atoms in total. The highest BCUT2D eigenvalue weighted by molar-refractivity contribution is 7.93. The van der Waals surface area contributed by atoms with Crippen molar-refractivity contribution < 1.29 is 51.1 Å². The maximum absolute atomic E-state index is 12.9. The van der Waals surface area contributed by atoms with Crippen LogP contribution in [0.4, 0.5) is 11.4 Å². The first-order chi connectivity index (χ1) is 33.8. The lowest BCUT2D eigenvalue weighted by molar-refractivity contribution is -0.139. The molecular formula is C53H53N5O11S3. The Hall–Kier alpha value is -7.71. The second kappa shape index (κ2) is 22.6. The van der Waals surface area contributed by atoms with Gasteiger partial charge < -0.3 is 20.2 Å². The van der Waals surface area contributed by atoms with Gasteiger partial charge in [0.25, 0.3) is 26.0 Å². The Kier molecular flexibility index (Phi) is 16.8. The van der Waals surface area contributed by atoms with Crippen molar-refractivity contribution in [2.45, 2.75) is 55.5 Å². The molecule has 2 aliphatic heterocycles. The van der Waals surface area contributed by atoms with Crippen molar-refractivity contribution in [2.24, 2.45) is 0 Å². The van der Waals surface area contributed by atoms with E-state index in [0.717, 1.165) is 52.7 Å². The summed E-state index contributed by atoms with van der Waals surface area (Å²) in [5.41, 5.74) is 7.39. The molecule has 0 saturated heterocycles. The van der Waals surface area contributed by atoms with Crippen LogP contribution in [-0.4, -0.2) is 92.0 Å². The quantitative estimate of drug-likeness (QED) is 0.0790. The molecule has 1 amide bonds. The van der Waals surface area contributed by atoms with Crippen molar-refractivity contribution in [1.29, 1.82) is 0 Å². The fourth-order valence-electron chi connectivity index (χ4n) is 8.04. The number of hydrogen-bond donors (Lipinski definition) is 4. The van der Waals surface area contributed by atoms with Crippen LogP contribution in [0.2, 0.25) is 0 Å². The number of fused-ring (bicyclic) bond motifs is 4. The van der Waals surface area contributed by atoms with Crippen LogP contribution in [0.1, 0.15) is 50.2 Å². The van der Waals surface area contributed by atoms with Gasteiger partial charge in [0, 0.05) is 48.6 Å². The minimum atomic E-state index is -3.91. The van der Waals surface area contributed by atoms with Crippen LogP contribution in [0.25, 0.3) is 21.8 Å². The molecule has 374 valence electrons. The van der Waals surface area contributed by atoms with E-state index < -0.39 is 44.1 Å². The lowest BCUT2D eigenvalue weighted by atomic mass is 10.1. The fourth-order valence-corrected chi connectivity index (χ4v) is 11.3. The fraction of sp³-hybridized carbons (Fsp3) is 0.170. The summed E-state index contributed by atoms with van der Waals surface area (Å²) in [5, 5.41) is 22.1. The van der Waals surface area contributed by atoms with E-state index in [4.69, 9.17) is 4.84 Å². The van der Waals surface area contributed by atoms with Gasteiger partial charge in [-0.3, -0.25) is 23.0 Å². The highest BCUT2D eigenvalue weighted by Crippen LogP contribution is 2.38. The number of nitrogens with one attached hydrogen (secondary N) is 2. The number of sulfonamides is 2. The zero-order chi connectivity index (χ0) is 51.2. The number of anilines is 2. The molecule has 4 N–H and O–H groups in total. The summed E-state index contributed by atoms with van der Waals surface area (Å²) in [4.78, 5) is 56.8. The van der Waals surface area contributed by atoms with Crippen molar-refractivity contribution in [3.8, 4) is 0 Å². The normalized spacial score (nSPS) is 14.5. The second-order valence-corrected chi connectivity index (χ2v) is 20.3. The number of nitrogens with zero attached hydrogens (tertiary/aromatic N) is 3. The molecule has 0 aliphatic carbocycles. The monoisotopic (exact) mass is 1030 g/mol. The lowest BCUT2D eigenvalue weighted by Gasteiger charge is -2.24.